The molecule has 5 nitrogen and oxygen atoms in total. The highest BCUT2D eigenvalue weighted by molar-refractivity contribution is 9.10. The Balaban J connectivity index is 1.78. The van der Waals surface area contributed by atoms with Crippen molar-refractivity contribution in [2.75, 3.05) is 5.32 Å². The summed E-state index contributed by atoms with van der Waals surface area (Å²) in [5.74, 6) is 1.81. The second kappa shape index (κ2) is 6.88. The monoisotopic (exact) mass is 408 g/mol. The number of pyridine rings is 1. The highest BCUT2D eigenvalue weighted by atomic mass is 79.9. The largest absolute Gasteiger partial charge is 0.365 e. The van der Waals surface area contributed by atoms with Crippen molar-refractivity contribution in [1.82, 2.24) is 15.1 Å². The molecule has 0 spiro atoms. The molecule has 2 aromatic heterocycles. The Morgan fingerprint density at radius 3 is 2.65 bits per heavy atom. The highest BCUT2D eigenvalue weighted by Crippen LogP contribution is 2.30. The van der Waals surface area contributed by atoms with E-state index in [4.69, 9.17) is 9.51 Å². The van der Waals surface area contributed by atoms with Gasteiger partial charge in [-0.15, -0.1) is 0 Å². The number of rotatable bonds is 4. The zero-order chi connectivity index (χ0) is 18.1. The standard InChI is InChI=1S/C20H17BrN4O/c1-12-5-3-7-15-10-17(20-23-13(2)26-25-20)19(24-18(12)15)22-11-14-6-4-8-16(21)9-14/h3-10H,11H2,1-2H3,(H,22,24). The number of aromatic nitrogens is 3. The molecule has 2 aromatic carbocycles. The fourth-order valence-corrected chi connectivity index (χ4v) is 3.34. The van der Waals surface area contributed by atoms with E-state index in [-0.39, 0.29) is 0 Å². The molecule has 0 fully saturated rings. The zero-order valence-corrected chi connectivity index (χ0v) is 16.0. The van der Waals surface area contributed by atoms with Crippen LogP contribution in [-0.2, 0) is 6.54 Å². The molecule has 0 aliphatic rings. The fraction of sp³-hybridized carbons (Fsp3) is 0.150. The highest BCUT2D eigenvalue weighted by Gasteiger charge is 2.15. The lowest BCUT2D eigenvalue weighted by Gasteiger charge is -2.12. The molecule has 26 heavy (non-hydrogen) atoms. The minimum atomic E-state index is 0.530. The van der Waals surface area contributed by atoms with Crippen LogP contribution < -0.4 is 5.32 Å². The predicted molar refractivity (Wildman–Crippen MR) is 106 cm³/mol. The Labute approximate surface area is 159 Å². The maximum Gasteiger partial charge on any atom is 0.223 e. The number of hydrogen-bond donors (Lipinski definition) is 1. The third kappa shape index (κ3) is 3.32. The molecule has 4 aromatic rings. The first-order valence-corrected chi connectivity index (χ1v) is 9.09. The van der Waals surface area contributed by atoms with Gasteiger partial charge in [-0.05, 0) is 36.2 Å². The normalized spacial score (nSPS) is 11.0. The third-order valence-corrected chi connectivity index (χ3v) is 4.66. The Morgan fingerprint density at radius 1 is 1.04 bits per heavy atom. The average Bonchev–Trinajstić information content (AvgIpc) is 3.06. The van der Waals surface area contributed by atoms with E-state index in [0.29, 0.717) is 18.3 Å². The van der Waals surface area contributed by atoms with Gasteiger partial charge < -0.3 is 9.84 Å². The summed E-state index contributed by atoms with van der Waals surface area (Å²) in [6.07, 6.45) is 0. The van der Waals surface area contributed by atoms with Crippen molar-refractivity contribution < 1.29 is 4.52 Å². The molecule has 2 heterocycles. The summed E-state index contributed by atoms with van der Waals surface area (Å²) >= 11 is 3.51. The summed E-state index contributed by atoms with van der Waals surface area (Å²) in [6.45, 7) is 4.49. The number of anilines is 1. The maximum absolute atomic E-state index is 5.17. The molecule has 0 unspecified atom stereocenters. The molecule has 0 aliphatic heterocycles. The number of halogens is 1. The van der Waals surface area contributed by atoms with E-state index in [1.807, 2.05) is 24.3 Å². The summed E-state index contributed by atoms with van der Waals surface area (Å²) < 4.78 is 6.21. The van der Waals surface area contributed by atoms with Crippen LogP contribution in [0.4, 0.5) is 5.82 Å². The van der Waals surface area contributed by atoms with Gasteiger partial charge in [0.05, 0.1) is 11.1 Å². The van der Waals surface area contributed by atoms with E-state index < -0.39 is 0 Å². The van der Waals surface area contributed by atoms with Gasteiger partial charge in [0.25, 0.3) is 0 Å². The van der Waals surface area contributed by atoms with Crippen molar-refractivity contribution in [3.63, 3.8) is 0 Å². The lowest BCUT2D eigenvalue weighted by atomic mass is 10.1. The van der Waals surface area contributed by atoms with Crippen molar-refractivity contribution in [2.24, 2.45) is 0 Å². The van der Waals surface area contributed by atoms with Crippen LogP contribution in [0, 0.1) is 13.8 Å². The quantitative estimate of drug-likeness (QED) is 0.497. The Kier molecular flexibility index (Phi) is 4.42. The predicted octanol–water partition coefficient (Wildman–Crippen LogP) is 5.28. The number of aryl methyl sites for hydroxylation is 2. The van der Waals surface area contributed by atoms with Crippen molar-refractivity contribution >= 4 is 32.7 Å². The van der Waals surface area contributed by atoms with E-state index in [0.717, 1.165) is 37.9 Å². The second-order valence-corrected chi connectivity index (χ2v) is 7.07. The second-order valence-electron chi connectivity index (χ2n) is 6.15. The minimum Gasteiger partial charge on any atom is -0.365 e. The SMILES string of the molecule is Cc1nc(-c2cc3cccc(C)c3nc2NCc2cccc(Br)c2)no1. The van der Waals surface area contributed by atoms with Gasteiger partial charge in [-0.3, -0.25) is 0 Å². The van der Waals surface area contributed by atoms with Gasteiger partial charge in [-0.25, -0.2) is 4.98 Å². The van der Waals surface area contributed by atoms with Crippen LogP contribution >= 0.6 is 15.9 Å². The van der Waals surface area contributed by atoms with Gasteiger partial charge in [0.1, 0.15) is 5.82 Å². The lowest BCUT2D eigenvalue weighted by molar-refractivity contribution is 0.394. The summed E-state index contributed by atoms with van der Waals surface area (Å²) in [4.78, 5) is 9.23. The van der Waals surface area contributed by atoms with Gasteiger partial charge in [0, 0.05) is 23.3 Å². The van der Waals surface area contributed by atoms with Crippen LogP contribution in [0.15, 0.2) is 57.5 Å². The lowest BCUT2D eigenvalue weighted by Crippen LogP contribution is -2.04. The molecule has 0 radical (unpaired) electrons. The van der Waals surface area contributed by atoms with Gasteiger partial charge in [0.2, 0.25) is 11.7 Å². The number of nitrogens with one attached hydrogen (secondary N) is 1. The maximum atomic E-state index is 5.17. The van der Waals surface area contributed by atoms with Gasteiger partial charge in [-0.1, -0.05) is 51.4 Å². The summed E-state index contributed by atoms with van der Waals surface area (Å²) in [6, 6.07) is 16.4. The topological polar surface area (TPSA) is 63.8 Å². The third-order valence-electron chi connectivity index (χ3n) is 4.16. The van der Waals surface area contributed by atoms with Crippen molar-refractivity contribution in [2.45, 2.75) is 20.4 Å². The number of nitrogens with zero attached hydrogens (tertiary/aromatic N) is 3. The van der Waals surface area contributed by atoms with Crippen molar-refractivity contribution in [3.8, 4) is 11.4 Å². The van der Waals surface area contributed by atoms with Crippen LogP contribution in [0.1, 0.15) is 17.0 Å². The number of benzene rings is 2. The van der Waals surface area contributed by atoms with E-state index in [9.17, 15) is 0 Å². The molecule has 1 N–H and O–H groups in total. The molecule has 0 aliphatic carbocycles. The van der Waals surface area contributed by atoms with Gasteiger partial charge in [-0.2, -0.15) is 4.98 Å². The Bertz CT molecular complexity index is 1090. The summed E-state index contributed by atoms with van der Waals surface area (Å²) in [7, 11) is 0. The summed E-state index contributed by atoms with van der Waals surface area (Å²) in [5, 5.41) is 8.55. The first-order chi connectivity index (χ1) is 12.6. The molecule has 130 valence electrons. The number of para-hydroxylation sites is 1. The Morgan fingerprint density at radius 2 is 1.88 bits per heavy atom. The van der Waals surface area contributed by atoms with Crippen molar-refractivity contribution in [1.29, 1.82) is 0 Å². The van der Waals surface area contributed by atoms with E-state index in [2.05, 4.69) is 62.6 Å². The number of hydrogen-bond acceptors (Lipinski definition) is 5. The van der Waals surface area contributed by atoms with Crippen molar-refractivity contribution in [3.05, 3.63) is 70.0 Å². The van der Waals surface area contributed by atoms with Crippen LogP contribution in [-0.4, -0.2) is 15.1 Å². The molecular weight excluding hydrogens is 392 g/mol. The van der Waals surface area contributed by atoms with Crippen LogP contribution in [0.3, 0.4) is 0 Å². The average molecular weight is 409 g/mol. The summed E-state index contributed by atoms with van der Waals surface area (Å²) in [5.41, 5.74) is 4.08. The number of fused-ring (bicyclic) bond motifs is 1. The van der Waals surface area contributed by atoms with E-state index in [1.54, 1.807) is 6.92 Å². The van der Waals surface area contributed by atoms with E-state index >= 15 is 0 Å². The molecule has 6 heteroatoms. The first kappa shape index (κ1) is 16.7. The van der Waals surface area contributed by atoms with E-state index in [1.165, 1.54) is 0 Å². The fourth-order valence-electron chi connectivity index (χ4n) is 2.89. The molecule has 0 atom stereocenters. The Hall–Kier alpha value is -2.73. The van der Waals surface area contributed by atoms with Crippen LogP contribution in [0.25, 0.3) is 22.3 Å². The van der Waals surface area contributed by atoms with Gasteiger partial charge >= 0.3 is 0 Å². The van der Waals surface area contributed by atoms with Crippen LogP contribution in [0.2, 0.25) is 0 Å². The first-order valence-electron chi connectivity index (χ1n) is 8.29. The minimum absolute atomic E-state index is 0.530. The molecule has 0 bridgehead atoms. The smallest absolute Gasteiger partial charge is 0.223 e. The molecular formula is C20H17BrN4O. The van der Waals surface area contributed by atoms with Gasteiger partial charge in [0.15, 0.2) is 0 Å². The molecule has 0 amide bonds. The molecule has 4 rings (SSSR count). The van der Waals surface area contributed by atoms with Crippen LogP contribution in [0.5, 0.6) is 0 Å². The molecule has 0 saturated heterocycles. The zero-order valence-electron chi connectivity index (χ0n) is 14.5. The molecule has 0 saturated carbocycles.